The van der Waals surface area contributed by atoms with Crippen molar-refractivity contribution in [1.29, 1.82) is 0 Å². The van der Waals surface area contributed by atoms with E-state index in [0.29, 0.717) is 5.56 Å². The van der Waals surface area contributed by atoms with Gasteiger partial charge in [0.05, 0.1) is 5.69 Å². The molecule has 170 valence electrons. The molecule has 0 heterocycles. The number of nitrogens with zero attached hydrogens (tertiary/aromatic N) is 1. The number of nitrogens with one attached hydrogen (secondary N) is 1. The van der Waals surface area contributed by atoms with Crippen LogP contribution in [0.5, 0.6) is 0 Å². The Labute approximate surface area is 199 Å². The second kappa shape index (κ2) is 10.9. The molecule has 6 nitrogen and oxygen atoms in total. The average Bonchev–Trinajstić information content (AvgIpc) is 2.83. The van der Waals surface area contributed by atoms with Gasteiger partial charge in [-0.05, 0) is 42.3 Å². The number of carbonyl (C=O) groups excluding carboxylic acids is 2. The second-order valence-electron chi connectivity index (χ2n) is 7.04. The number of para-hydroxylation sites is 1. The number of sulfonamides is 1. The number of carbonyl (C=O) groups is 2. The zero-order valence-electron chi connectivity index (χ0n) is 18.4. The van der Waals surface area contributed by atoms with E-state index in [2.05, 4.69) is 30.3 Å². The standard InChI is InChI=1S/C21H18N2O4S.C6H4/c1-3-5-7-16-20(24)22-28(26,27)19-15-11-10-14-18(19)23(4-2)21(25)17-12-8-6-9-13-17;1-2-6-4-3-5(1)6/h2-3,5-16H,1H3,(H,22,24);1-4H. The molecule has 2 amide bonds. The van der Waals surface area contributed by atoms with E-state index in [-0.39, 0.29) is 10.6 Å². The van der Waals surface area contributed by atoms with Crippen molar-refractivity contribution in [2.75, 3.05) is 4.90 Å². The minimum atomic E-state index is -4.26. The molecule has 2 aromatic carbocycles. The van der Waals surface area contributed by atoms with Crippen LogP contribution in [0.1, 0.15) is 17.3 Å². The Hall–Kier alpha value is -4.41. The Bertz CT molecular complexity index is 1360. The van der Waals surface area contributed by atoms with E-state index >= 15 is 0 Å². The third-order valence-corrected chi connectivity index (χ3v) is 6.15. The first-order valence-electron chi connectivity index (χ1n) is 10.3. The fourth-order valence-electron chi connectivity index (χ4n) is 2.95. The van der Waals surface area contributed by atoms with Gasteiger partial charge in [0.2, 0.25) is 0 Å². The van der Waals surface area contributed by atoms with Crippen molar-refractivity contribution >= 4 is 27.5 Å². The molecule has 0 atom stereocenters. The highest BCUT2D eigenvalue weighted by molar-refractivity contribution is 7.90. The molecule has 2 aliphatic carbocycles. The maximum absolute atomic E-state index is 12.7. The smallest absolute Gasteiger partial charge is 0.269 e. The van der Waals surface area contributed by atoms with Gasteiger partial charge in [-0.25, -0.2) is 18.0 Å². The average molecular weight is 471 g/mol. The Morgan fingerprint density at radius 3 is 2.00 bits per heavy atom. The van der Waals surface area contributed by atoms with Crippen molar-refractivity contribution in [3.05, 3.63) is 109 Å². The lowest BCUT2D eigenvalue weighted by molar-refractivity contribution is -0.114. The van der Waals surface area contributed by atoms with Crippen LogP contribution in [-0.2, 0) is 14.8 Å². The van der Waals surface area contributed by atoms with Gasteiger partial charge in [0.1, 0.15) is 4.90 Å². The zero-order valence-corrected chi connectivity index (χ0v) is 19.2. The Morgan fingerprint density at radius 2 is 1.47 bits per heavy atom. The van der Waals surface area contributed by atoms with E-state index in [0.717, 1.165) is 11.0 Å². The van der Waals surface area contributed by atoms with E-state index in [9.17, 15) is 18.0 Å². The van der Waals surface area contributed by atoms with Crippen molar-refractivity contribution in [3.8, 4) is 23.6 Å². The van der Waals surface area contributed by atoms with Gasteiger partial charge < -0.3 is 0 Å². The fraction of sp³-hybridized carbons (Fsp3) is 0.0370. The summed E-state index contributed by atoms with van der Waals surface area (Å²) < 4.78 is 27.3. The number of hydrogen-bond donors (Lipinski definition) is 1. The summed E-state index contributed by atoms with van der Waals surface area (Å²) in [5.41, 5.74) is 3.12. The molecule has 0 spiro atoms. The number of amides is 2. The van der Waals surface area contributed by atoms with Crippen LogP contribution in [0, 0.1) is 12.5 Å². The van der Waals surface area contributed by atoms with E-state index in [4.69, 9.17) is 6.42 Å². The van der Waals surface area contributed by atoms with Crippen molar-refractivity contribution in [1.82, 2.24) is 4.72 Å². The number of rotatable bonds is 6. The van der Waals surface area contributed by atoms with Crippen molar-refractivity contribution < 1.29 is 18.0 Å². The lowest BCUT2D eigenvalue weighted by atomic mass is 9.95. The lowest BCUT2D eigenvalue weighted by Gasteiger charge is -2.19. The van der Waals surface area contributed by atoms with Gasteiger partial charge in [0.15, 0.2) is 0 Å². The summed E-state index contributed by atoms with van der Waals surface area (Å²) in [6, 6.07) is 24.6. The highest BCUT2D eigenvalue weighted by Crippen LogP contribution is 2.29. The van der Waals surface area contributed by atoms with Crippen LogP contribution in [0.4, 0.5) is 5.69 Å². The summed E-state index contributed by atoms with van der Waals surface area (Å²) in [5.74, 6) is -1.39. The van der Waals surface area contributed by atoms with Gasteiger partial charge in [0, 0.05) is 17.7 Å². The molecule has 34 heavy (non-hydrogen) atoms. The Balaban J connectivity index is 0.000000457. The maximum atomic E-state index is 12.7. The summed E-state index contributed by atoms with van der Waals surface area (Å²) in [6.45, 7) is 1.76. The molecule has 0 unspecified atom stereocenters. The van der Waals surface area contributed by atoms with Gasteiger partial charge in [-0.2, -0.15) is 0 Å². The first-order valence-corrected chi connectivity index (χ1v) is 11.8. The second-order valence-corrected chi connectivity index (χ2v) is 8.69. The summed E-state index contributed by atoms with van der Waals surface area (Å²) in [5, 5.41) is 0. The molecule has 0 fully saturated rings. The van der Waals surface area contributed by atoms with E-state index < -0.39 is 21.8 Å². The largest absolute Gasteiger partial charge is 0.270 e. The third kappa shape index (κ3) is 5.68. The molecular formula is C27H22N2O4S. The maximum Gasteiger partial charge on any atom is 0.270 e. The summed E-state index contributed by atoms with van der Waals surface area (Å²) in [6.07, 6.45) is 11.2. The summed E-state index contributed by atoms with van der Waals surface area (Å²) in [4.78, 5) is 25.2. The van der Waals surface area contributed by atoms with Gasteiger partial charge in [-0.1, -0.05) is 79.2 Å². The molecule has 2 aliphatic rings. The number of allylic oxidation sites excluding steroid dienone is 3. The summed E-state index contributed by atoms with van der Waals surface area (Å²) >= 11 is 0. The number of terminal acetylenes is 1. The number of fused-ring (bicyclic) bond motifs is 1. The van der Waals surface area contributed by atoms with Gasteiger partial charge in [0.25, 0.3) is 21.8 Å². The van der Waals surface area contributed by atoms with Crippen LogP contribution in [0.25, 0.3) is 11.1 Å². The van der Waals surface area contributed by atoms with Gasteiger partial charge >= 0.3 is 0 Å². The summed E-state index contributed by atoms with van der Waals surface area (Å²) in [7, 11) is -4.26. The van der Waals surface area contributed by atoms with Crippen molar-refractivity contribution in [3.63, 3.8) is 0 Å². The monoisotopic (exact) mass is 470 g/mol. The van der Waals surface area contributed by atoms with Crippen LogP contribution < -0.4 is 9.62 Å². The van der Waals surface area contributed by atoms with E-state index in [1.54, 1.807) is 55.5 Å². The highest BCUT2D eigenvalue weighted by atomic mass is 32.2. The van der Waals surface area contributed by atoms with Crippen LogP contribution in [0.15, 0.2) is 108 Å². The van der Waals surface area contributed by atoms with E-state index in [1.165, 1.54) is 35.4 Å². The third-order valence-electron chi connectivity index (χ3n) is 4.75. The van der Waals surface area contributed by atoms with Crippen LogP contribution in [0.2, 0.25) is 0 Å². The topological polar surface area (TPSA) is 83.6 Å². The van der Waals surface area contributed by atoms with Crippen molar-refractivity contribution in [2.24, 2.45) is 0 Å². The Kier molecular flexibility index (Phi) is 7.80. The fourth-order valence-corrected chi connectivity index (χ4v) is 4.09. The molecule has 0 bridgehead atoms. The predicted octanol–water partition coefficient (Wildman–Crippen LogP) is 4.53. The van der Waals surface area contributed by atoms with Crippen LogP contribution in [0.3, 0.4) is 0 Å². The molecule has 4 rings (SSSR count). The minimum Gasteiger partial charge on any atom is -0.269 e. The number of benzene rings is 3. The molecule has 0 aromatic heterocycles. The van der Waals surface area contributed by atoms with Crippen LogP contribution >= 0.6 is 0 Å². The minimum absolute atomic E-state index is 0.0309. The molecular weight excluding hydrogens is 448 g/mol. The van der Waals surface area contributed by atoms with Crippen molar-refractivity contribution in [2.45, 2.75) is 11.8 Å². The predicted molar refractivity (Wildman–Crippen MR) is 133 cm³/mol. The SMILES string of the molecule is C#CN(C(=O)c1ccccc1)c1ccccc1S(=O)(=O)NC(=O)C=CC=CC.c1cc2ccc1-2. The molecule has 7 heteroatoms. The molecule has 0 saturated carbocycles. The molecule has 1 N–H and O–H groups in total. The molecule has 0 saturated heterocycles. The zero-order chi connectivity index (χ0) is 24.6. The number of anilines is 1. The quantitative estimate of drug-likeness (QED) is 0.194. The van der Waals surface area contributed by atoms with E-state index in [1.807, 2.05) is 4.72 Å². The lowest BCUT2D eigenvalue weighted by Crippen LogP contribution is -2.32. The molecule has 0 radical (unpaired) electrons. The Morgan fingerprint density at radius 1 is 0.882 bits per heavy atom. The van der Waals surface area contributed by atoms with Gasteiger partial charge in [-0.3, -0.25) is 9.59 Å². The van der Waals surface area contributed by atoms with Gasteiger partial charge in [-0.15, -0.1) is 0 Å². The highest BCUT2D eigenvalue weighted by Gasteiger charge is 2.26. The normalized spacial score (nSPS) is 11.3. The number of hydrogen-bond acceptors (Lipinski definition) is 4. The molecule has 2 aromatic rings. The first kappa shape index (κ1) is 24.2. The molecule has 0 aliphatic heterocycles. The van der Waals surface area contributed by atoms with Crippen LogP contribution in [-0.4, -0.2) is 20.2 Å². The first-order chi connectivity index (χ1) is 16.4.